The molecule has 0 aromatic rings. The van der Waals surface area contributed by atoms with Crippen molar-refractivity contribution in [3.05, 3.63) is 0 Å². The van der Waals surface area contributed by atoms with Crippen LogP contribution < -0.4 is 11.1 Å². The van der Waals surface area contributed by atoms with Gasteiger partial charge in [-0.2, -0.15) is 5.26 Å². The summed E-state index contributed by atoms with van der Waals surface area (Å²) in [4.78, 5) is 0. The Morgan fingerprint density at radius 3 is 1.88 bits per heavy atom. The highest BCUT2D eigenvalue weighted by atomic mass is 14.9. The third-order valence-corrected chi connectivity index (χ3v) is 0.957. The van der Waals surface area contributed by atoms with Gasteiger partial charge in [0.25, 0.3) is 0 Å². The predicted octanol–water partition coefficient (Wildman–Crippen LogP) is -0.204. The molecule has 3 nitrogen and oxygen atoms in total. The first-order chi connectivity index (χ1) is 3.91. The quantitative estimate of drug-likeness (QED) is 0.337. The first kappa shape index (κ1) is 7.25. The van der Waals surface area contributed by atoms with Gasteiger partial charge in [-0.3, -0.25) is 0 Å². The lowest BCUT2D eigenvalue weighted by molar-refractivity contribution is 0.857. The Morgan fingerprint density at radius 2 is 1.75 bits per heavy atom. The van der Waals surface area contributed by atoms with Crippen molar-refractivity contribution >= 4 is 0 Å². The van der Waals surface area contributed by atoms with E-state index in [0.717, 1.165) is 0 Å². The van der Waals surface area contributed by atoms with Crippen LogP contribution in [-0.4, -0.2) is 13.1 Å². The van der Waals surface area contributed by atoms with E-state index in [1.807, 2.05) is 0 Å². The van der Waals surface area contributed by atoms with Gasteiger partial charge in [0.15, 0.2) is 6.19 Å². The van der Waals surface area contributed by atoms with Crippen molar-refractivity contribution in [1.82, 2.24) is 5.32 Å². The second-order valence-electron chi connectivity index (χ2n) is 1.59. The molecule has 1 fully saturated rings. The van der Waals surface area contributed by atoms with Crippen LogP contribution in [0.15, 0.2) is 0 Å². The summed E-state index contributed by atoms with van der Waals surface area (Å²) in [7, 11) is 0. The van der Waals surface area contributed by atoms with Crippen LogP contribution in [0.25, 0.3) is 0 Å². The van der Waals surface area contributed by atoms with Crippen molar-refractivity contribution in [2.24, 2.45) is 5.73 Å². The van der Waals surface area contributed by atoms with Crippen LogP contribution in [0, 0.1) is 11.5 Å². The maximum absolute atomic E-state index is 7.10. The molecule has 3 N–H and O–H groups in total. The number of hydrogen-bond acceptors (Lipinski definition) is 3. The Kier molecular flexibility index (Phi) is 5.66. The Hall–Kier alpha value is -0.750. The number of nitrogens with one attached hydrogen (secondary N) is 1. The maximum Gasteiger partial charge on any atom is 0.173 e. The van der Waals surface area contributed by atoms with Crippen LogP contribution in [-0.2, 0) is 0 Å². The molecule has 0 atom stereocenters. The molecule has 46 valence electrons. The number of hydrogen-bond donors (Lipinski definition) is 2. The minimum absolute atomic E-state index is 1.25. The van der Waals surface area contributed by atoms with Crippen LogP contribution in [0.2, 0.25) is 0 Å². The summed E-state index contributed by atoms with van der Waals surface area (Å²) < 4.78 is 0. The molecular formula is C5H11N3. The highest BCUT2D eigenvalue weighted by molar-refractivity contribution is 4.55. The zero-order chi connectivity index (χ0) is 6.24. The van der Waals surface area contributed by atoms with E-state index < -0.39 is 0 Å². The largest absolute Gasteiger partial charge is 0.337 e. The summed E-state index contributed by atoms with van der Waals surface area (Å²) in [6, 6.07) is 0. The van der Waals surface area contributed by atoms with Crippen LogP contribution in [0.3, 0.4) is 0 Å². The Balaban J connectivity index is 0.000000145. The molecular weight excluding hydrogens is 102 g/mol. The SMILES string of the molecule is C1CCNC1.N#CN. The van der Waals surface area contributed by atoms with E-state index in [2.05, 4.69) is 11.1 Å². The van der Waals surface area contributed by atoms with E-state index in [4.69, 9.17) is 5.26 Å². The summed E-state index contributed by atoms with van der Waals surface area (Å²) in [6.07, 6.45) is 4.03. The summed E-state index contributed by atoms with van der Waals surface area (Å²) in [6.45, 7) is 2.50. The van der Waals surface area contributed by atoms with Crippen LogP contribution >= 0.6 is 0 Å². The standard InChI is InChI=1S/C4H9N.CH2N2/c1-2-4-5-3-1;2-1-3/h5H,1-4H2;2H2. The molecule has 1 rings (SSSR count). The first-order valence-corrected chi connectivity index (χ1v) is 2.72. The molecule has 1 aliphatic heterocycles. The predicted molar refractivity (Wildman–Crippen MR) is 31.9 cm³/mol. The zero-order valence-electron chi connectivity index (χ0n) is 4.85. The van der Waals surface area contributed by atoms with Gasteiger partial charge in [-0.05, 0) is 25.9 Å². The van der Waals surface area contributed by atoms with Crippen molar-refractivity contribution in [3.63, 3.8) is 0 Å². The van der Waals surface area contributed by atoms with Gasteiger partial charge in [-0.1, -0.05) is 0 Å². The van der Waals surface area contributed by atoms with E-state index in [9.17, 15) is 0 Å². The van der Waals surface area contributed by atoms with Gasteiger partial charge >= 0.3 is 0 Å². The molecule has 0 bridgehead atoms. The molecule has 0 aliphatic carbocycles. The highest BCUT2D eigenvalue weighted by Crippen LogP contribution is 1.90. The van der Waals surface area contributed by atoms with E-state index in [1.165, 1.54) is 32.1 Å². The molecule has 0 unspecified atom stereocenters. The molecule has 1 aliphatic rings. The van der Waals surface area contributed by atoms with Gasteiger partial charge in [-0.25, -0.2) is 0 Å². The molecule has 0 amide bonds. The average Bonchev–Trinajstić information content (AvgIpc) is 2.17. The molecule has 1 saturated heterocycles. The molecule has 0 spiro atoms. The molecule has 0 radical (unpaired) electrons. The van der Waals surface area contributed by atoms with Crippen molar-refractivity contribution in [3.8, 4) is 6.19 Å². The normalized spacial score (nSPS) is 15.9. The van der Waals surface area contributed by atoms with E-state index in [0.29, 0.717) is 0 Å². The van der Waals surface area contributed by atoms with Crippen molar-refractivity contribution in [2.45, 2.75) is 12.8 Å². The minimum atomic E-state index is 1.25. The van der Waals surface area contributed by atoms with Crippen LogP contribution in [0.1, 0.15) is 12.8 Å². The fraction of sp³-hybridized carbons (Fsp3) is 0.800. The summed E-state index contributed by atoms with van der Waals surface area (Å²) >= 11 is 0. The van der Waals surface area contributed by atoms with Gasteiger partial charge in [0.2, 0.25) is 0 Å². The third kappa shape index (κ3) is 5.25. The van der Waals surface area contributed by atoms with Gasteiger partial charge in [-0.15, -0.1) is 0 Å². The van der Waals surface area contributed by atoms with Crippen LogP contribution in [0.5, 0.6) is 0 Å². The van der Waals surface area contributed by atoms with Gasteiger partial charge < -0.3 is 11.1 Å². The fourth-order valence-corrected chi connectivity index (χ4v) is 0.625. The lowest BCUT2D eigenvalue weighted by Gasteiger charge is -1.76. The Bertz CT molecular complexity index is 62.6. The Morgan fingerprint density at radius 1 is 1.38 bits per heavy atom. The van der Waals surface area contributed by atoms with E-state index in [1.54, 1.807) is 0 Å². The maximum atomic E-state index is 7.10. The third-order valence-electron chi connectivity index (χ3n) is 0.957. The smallest absolute Gasteiger partial charge is 0.173 e. The number of nitrogens with zero attached hydrogens (tertiary/aromatic N) is 1. The highest BCUT2D eigenvalue weighted by Gasteiger charge is 1.93. The van der Waals surface area contributed by atoms with Gasteiger partial charge in [0.05, 0.1) is 0 Å². The summed E-state index contributed by atoms with van der Waals surface area (Å²) in [5.41, 5.74) is 4.15. The second kappa shape index (κ2) is 6.25. The topological polar surface area (TPSA) is 61.8 Å². The van der Waals surface area contributed by atoms with Crippen LogP contribution in [0.4, 0.5) is 0 Å². The lowest BCUT2D eigenvalue weighted by Crippen LogP contribution is -2.03. The molecule has 8 heavy (non-hydrogen) atoms. The Labute approximate surface area is 49.5 Å². The van der Waals surface area contributed by atoms with Crippen molar-refractivity contribution in [1.29, 1.82) is 5.26 Å². The molecule has 0 saturated carbocycles. The minimum Gasteiger partial charge on any atom is -0.337 e. The monoisotopic (exact) mass is 113 g/mol. The van der Waals surface area contributed by atoms with Gasteiger partial charge in [0, 0.05) is 0 Å². The number of rotatable bonds is 0. The summed E-state index contributed by atoms with van der Waals surface area (Å²) in [5.74, 6) is 0. The first-order valence-electron chi connectivity index (χ1n) is 2.72. The molecule has 1 heterocycles. The summed E-state index contributed by atoms with van der Waals surface area (Å²) in [5, 5.41) is 10.3. The van der Waals surface area contributed by atoms with Gasteiger partial charge in [0.1, 0.15) is 0 Å². The van der Waals surface area contributed by atoms with E-state index in [-0.39, 0.29) is 0 Å². The lowest BCUT2D eigenvalue weighted by atomic mass is 10.4. The number of nitriles is 1. The van der Waals surface area contributed by atoms with Crippen molar-refractivity contribution < 1.29 is 0 Å². The van der Waals surface area contributed by atoms with E-state index >= 15 is 0 Å². The molecule has 3 heteroatoms. The molecule has 0 aromatic carbocycles. The zero-order valence-corrected chi connectivity index (χ0v) is 4.85. The average molecular weight is 113 g/mol. The van der Waals surface area contributed by atoms with Crippen molar-refractivity contribution in [2.75, 3.05) is 13.1 Å². The fourth-order valence-electron chi connectivity index (χ4n) is 0.625. The second-order valence-corrected chi connectivity index (χ2v) is 1.59. The number of nitrogens with two attached hydrogens (primary N) is 1. The molecule has 0 aromatic heterocycles.